The Labute approximate surface area is 153 Å². The van der Waals surface area contributed by atoms with Crippen LogP contribution in [0.5, 0.6) is 23.0 Å². The van der Waals surface area contributed by atoms with Gasteiger partial charge in [0, 0.05) is 6.42 Å². The van der Waals surface area contributed by atoms with Crippen LogP contribution in [-0.2, 0) is 4.79 Å². The third-order valence-corrected chi connectivity index (χ3v) is 3.97. The van der Waals surface area contributed by atoms with Crippen molar-refractivity contribution in [3.63, 3.8) is 0 Å². The van der Waals surface area contributed by atoms with Gasteiger partial charge in [0.25, 0.3) is 0 Å². The second-order valence-corrected chi connectivity index (χ2v) is 5.93. The Morgan fingerprint density at radius 1 is 1.12 bits per heavy atom. The molecule has 6 heteroatoms. The van der Waals surface area contributed by atoms with Crippen LogP contribution in [0.1, 0.15) is 12.8 Å². The van der Waals surface area contributed by atoms with Crippen molar-refractivity contribution in [2.75, 3.05) is 26.9 Å². The van der Waals surface area contributed by atoms with Crippen LogP contribution in [-0.4, -0.2) is 38.9 Å². The molecule has 0 radical (unpaired) electrons. The lowest BCUT2D eigenvalue weighted by atomic mass is 10.2. The SMILES string of the molecule is COc1ccc(OCCCC(=O)NC[C@H]2COc3ccccc3O2)cc1. The van der Waals surface area contributed by atoms with Crippen LogP contribution in [0.25, 0.3) is 0 Å². The van der Waals surface area contributed by atoms with Crippen LogP contribution >= 0.6 is 0 Å². The molecule has 1 aliphatic heterocycles. The van der Waals surface area contributed by atoms with Gasteiger partial charge in [-0.15, -0.1) is 0 Å². The number of benzene rings is 2. The highest BCUT2D eigenvalue weighted by Crippen LogP contribution is 2.30. The van der Waals surface area contributed by atoms with Crippen molar-refractivity contribution in [3.05, 3.63) is 48.5 Å². The molecule has 0 spiro atoms. The molecule has 2 aromatic carbocycles. The molecule has 0 aliphatic carbocycles. The summed E-state index contributed by atoms with van der Waals surface area (Å²) < 4.78 is 22.1. The predicted octanol–water partition coefficient (Wildman–Crippen LogP) is 2.81. The zero-order valence-electron chi connectivity index (χ0n) is 14.8. The summed E-state index contributed by atoms with van der Waals surface area (Å²) in [5.74, 6) is 2.98. The van der Waals surface area contributed by atoms with Gasteiger partial charge < -0.3 is 24.3 Å². The van der Waals surface area contributed by atoms with Crippen molar-refractivity contribution >= 4 is 5.91 Å². The highest BCUT2D eigenvalue weighted by molar-refractivity contribution is 5.75. The van der Waals surface area contributed by atoms with Crippen LogP contribution in [0.3, 0.4) is 0 Å². The summed E-state index contributed by atoms with van der Waals surface area (Å²) in [6.45, 7) is 1.33. The van der Waals surface area contributed by atoms with E-state index in [1.807, 2.05) is 48.5 Å². The number of amides is 1. The van der Waals surface area contributed by atoms with Crippen LogP contribution in [0, 0.1) is 0 Å². The number of hydrogen-bond acceptors (Lipinski definition) is 5. The van der Waals surface area contributed by atoms with Gasteiger partial charge >= 0.3 is 0 Å². The number of fused-ring (bicyclic) bond motifs is 1. The van der Waals surface area contributed by atoms with Crippen molar-refractivity contribution in [1.82, 2.24) is 5.32 Å². The zero-order valence-corrected chi connectivity index (χ0v) is 14.8. The molecule has 0 fully saturated rings. The first-order valence-electron chi connectivity index (χ1n) is 8.66. The summed E-state index contributed by atoms with van der Waals surface area (Å²) in [7, 11) is 1.62. The monoisotopic (exact) mass is 357 g/mol. The van der Waals surface area contributed by atoms with E-state index >= 15 is 0 Å². The molecule has 26 heavy (non-hydrogen) atoms. The van der Waals surface area contributed by atoms with E-state index < -0.39 is 0 Å². The predicted molar refractivity (Wildman–Crippen MR) is 97.1 cm³/mol. The van der Waals surface area contributed by atoms with E-state index in [0.717, 1.165) is 17.2 Å². The number of hydrogen-bond donors (Lipinski definition) is 1. The summed E-state index contributed by atoms with van der Waals surface area (Å²) >= 11 is 0. The van der Waals surface area contributed by atoms with Gasteiger partial charge in [-0.05, 0) is 42.8 Å². The first-order chi connectivity index (χ1) is 12.7. The molecule has 3 rings (SSSR count). The number of carbonyl (C=O) groups is 1. The second-order valence-electron chi connectivity index (χ2n) is 5.93. The Morgan fingerprint density at radius 3 is 2.62 bits per heavy atom. The maximum atomic E-state index is 11.9. The molecule has 1 heterocycles. The molecule has 1 amide bonds. The number of rotatable bonds is 8. The van der Waals surface area contributed by atoms with E-state index in [9.17, 15) is 4.79 Å². The molecule has 0 unspecified atom stereocenters. The molecule has 1 atom stereocenters. The van der Waals surface area contributed by atoms with E-state index in [1.165, 1.54) is 0 Å². The summed E-state index contributed by atoms with van der Waals surface area (Å²) in [6.07, 6.45) is 0.868. The number of para-hydroxylation sites is 2. The minimum absolute atomic E-state index is 0.0224. The van der Waals surface area contributed by atoms with E-state index in [1.54, 1.807) is 7.11 Å². The standard InChI is InChI=1S/C20H23NO5/c1-23-15-8-10-16(11-9-15)24-12-4-7-20(22)21-13-17-14-25-18-5-2-3-6-19(18)26-17/h2-3,5-6,8-11,17H,4,7,12-14H2,1H3,(H,21,22)/t17-/m0/s1. The van der Waals surface area contributed by atoms with Crippen molar-refractivity contribution < 1.29 is 23.7 Å². The Hall–Kier alpha value is -2.89. The van der Waals surface area contributed by atoms with Crippen LogP contribution in [0.4, 0.5) is 0 Å². The van der Waals surface area contributed by atoms with Gasteiger partial charge in [0.15, 0.2) is 11.5 Å². The van der Waals surface area contributed by atoms with Crippen LogP contribution in [0.15, 0.2) is 48.5 Å². The topological polar surface area (TPSA) is 66.0 Å². The van der Waals surface area contributed by atoms with Gasteiger partial charge in [0.1, 0.15) is 24.2 Å². The lowest BCUT2D eigenvalue weighted by Gasteiger charge is -2.26. The summed E-state index contributed by atoms with van der Waals surface area (Å²) in [5.41, 5.74) is 0. The summed E-state index contributed by atoms with van der Waals surface area (Å²) in [6, 6.07) is 14.9. The van der Waals surface area contributed by atoms with E-state index in [0.29, 0.717) is 38.3 Å². The van der Waals surface area contributed by atoms with Crippen molar-refractivity contribution in [2.45, 2.75) is 18.9 Å². The normalized spacial score (nSPS) is 15.2. The number of ether oxygens (including phenoxy) is 4. The zero-order chi connectivity index (χ0) is 18.2. The highest BCUT2D eigenvalue weighted by atomic mass is 16.6. The van der Waals surface area contributed by atoms with E-state index in [4.69, 9.17) is 18.9 Å². The van der Waals surface area contributed by atoms with E-state index in [-0.39, 0.29) is 12.0 Å². The quantitative estimate of drug-likeness (QED) is 0.736. The first-order valence-corrected chi connectivity index (χ1v) is 8.66. The Morgan fingerprint density at radius 2 is 1.85 bits per heavy atom. The average molecular weight is 357 g/mol. The molecule has 0 saturated carbocycles. The number of carbonyl (C=O) groups excluding carboxylic acids is 1. The van der Waals surface area contributed by atoms with Crippen molar-refractivity contribution in [3.8, 4) is 23.0 Å². The second kappa shape index (κ2) is 8.99. The van der Waals surface area contributed by atoms with Crippen molar-refractivity contribution in [1.29, 1.82) is 0 Å². The fraction of sp³-hybridized carbons (Fsp3) is 0.350. The van der Waals surface area contributed by atoms with E-state index in [2.05, 4.69) is 5.32 Å². The molecule has 1 N–H and O–H groups in total. The number of nitrogens with one attached hydrogen (secondary N) is 1. The fourth-order valence-corrected chi connectivity index (χ4v) is 2.57. The van der Waals surface area contributed by atoms with Crippen molar-refractivity contribution in [2.24, 2.45) is 0 Å². The molecule has 1 aliphatic rings. The molecular formula is C20H23NO5. The third kappa shape index (κ3) is 5.05. The largest absolute Gasteiger partial charge is 0.497 e. The van der Waals surface area contributed by atoms with Crippen LogP contribution in [0.2, 0.25) is 0 Å². The van der Waals surface area contributed by atoms with Gasteiger partial charge in [-0.2, -0.15) is 0 Å². The summed E-state index contributed by atoms with van der Waals surface area (Å²) in [4.78, 5) is 11.9. The van der Waals surface area contributed by atoms with Gasteiger partial charge in [-0.3, -0.25) is 4.79 Å². The van der Waals surface area contributed by atoms with Crippen LogP contribution < -0.4 is 24.3 Å². The summed E-state index contributed by atoms with van der Waals surface area (Å²) in [5, 5.41) is 2.88. The number of methoxy groups -OCH3 is 1. The lowest BCUT2D eigenvalue weighted by molar-refractivity contribution is -0.121. The lowest BCUT2D eigenvalue weighted by Crippen LogP contribution is -2.40. The Kier molecular flexibility index (Phi) is 6.19. The van der Waals surface area contributed by atoms with Gasteiger partial charge in [-0.1, -0.05) is 12.1 Å². The van der Waals surface area contributed by atoms with Gasteiger partial charge in [0.05, 0.1) is 20.3 Å². The minimum atomic E-state index is -0.176. The fourth-order valence-electron chi connectivity index (χ4n) is 2.57. The molecule has 6 nitrogen and oxygen atoms in total. The first kappa shape index (κ1) is 17.9. The maximum Gasteiger partial charge on any atom is 0.220 e. The van der Waals surface area contributed by atoms with Gasteiger partial charge in [-0.25, -0.2) is 0 Å². The Balaban J connectivity index is 1.31. The molecular weight excluding hydrogens is 334 g/mol. The molecule has 0 saturated heterocycles. The maximum absolute atomic E-state index is 11.9. The third-order valence-electron chi connectivity index (χ3n) is 3.97. The molecule has 0 aromatic heterocycles. The average Bonchev–Trinajstić information content (AvgIpc) is 2.70. The minimum Gasteiger partial charge on any atom is -0.497 e. The Bertz CT molecular complexity index is 716. The smallest absolute Gasteiger partial charge is 0.220 e. The van der Waals surface area contributed by atoms with Gasteiger partial charge in [0.2, 0.25) is 5.91 Å². The molecule has 2 aromatic rings. The molecule has 138 valence electrons. The molecule has 0 bridgehead atoms. The highest BCUT2D eigenvalue weighted by Gasteiger charge is 2.20.